The lowest BCUT2D eigenvalue weighted by molar-refractivity contribution is -0.126. The molecule has 32 valence electrons. The Bertz CT molecular complexity index is 21.6. The first-order chi connectivity index (χ1) is 1.91. The van der Waals surface area contributed by atoms with E-state index in [1.54, 1.807) is 0 Å². The molecule has 0 aromatic heterocycles. The minimum Gasteiger partial charge on any atom is -1.00 e. The third-order valence-electron chi connectivity index (χ3n) is 0.0962. The molecular weight excluding hydrogens is 91.5 g/mol. The van der Waals surface area contributed by atoms with Gasteiger partial charge in [0.2, 0.25) is 0 Å². The van der Waals surface area contributed by atoms with E-state index < -0.39 is 0 Å². The highest BCUT2D eigenvalue weighted by molar-refractivity contribution is 5.36. The van der Waals surface area contributed by atoms with E-state index in [0.29, 0.717) is 6.47 Å². The fourth-order valence-electron chi connectivity index (χ4n) is 0. The first-order valence-electron chi connectivity index (χ1n) is 0.880. The summed E-state index contributed by atoms with van der Waals surface area (Å²) in [6, 6.07) is 0. The molecule has 0 rings (SSSR count). The molecule has 0 aliphatic rings. The van der Waals surface area contributed by atoms with Crippen LogP contribution in [0.5, 0.6) is 0 Å². The number of hydrogen-bond acceptors (Lipinski definition) is 2. The smallest absolute Gasteiger partial charge is 0.292 e. The number of ether oxygens (including phenoxy) is 1. The zero-order valence-electron chi connectivity index (χ0n) is 2.77. The van der Waals surface area contributed by atoms with Gasteiger partial charge in [0.15, 0.2) is 0 Å². The fourth-order valence-corrected chi connectivity index (χ4v) is 0. The van der Waals surface area contributed by atoms with Crippen LogP contribution in [0.25, 0.3) is 0 Å². The molecule has 0 saturated heterocycles. The van der Waals surface area contributed by atoms with E-state index >= 15 is 0 Å². The van der Waals surface area contributed by atoms with Crippen LogP contribution in [-0.2, 0) is 9.53 Å². The molecule has 0 bridgehead atoms. The molecule has 0 N–H and O–H groups in total. The Morgan fingerprint density at radius 2 is 2.00 bits per heavy atom. The molecule has 0 heterocycles. The van der Waals surface area contributed by atoms with Crippen LogP contribution in [0.2, 0.25) is 0 Å². The molecule has 0 radical (unpaired) electrons. The molecule has 0 atom stereocenters. The summed E-state index contributed by atoms with van der Waals surface area (Å²) in [7, 11) is 1.31. The minimum atomic E-state index is 0. The van der Waals surface area contributed by atoms with Gasteiger partial charge in [-0.25, -0.2) is 0 Å². The van der Waals surface area contributed by atoms with Crippen LogP contribution in [0, 0.1) is 0 Å². The molecule has 0 fully saturated rings. The van der Waals surface area contributed by atoms with Crippen molar-refractivity contribution < 1.29 is 21.9 Å². The molecule has 5 heavy (non-hydrogen) atoms. The highest BCUT2D eigenvalue weighted by atomic mass is 35.5. The summed E-state index contributed by atoms with van der Waals surface area (Å²) < 4.78 is 3.86. The monoisotopic (exact) mass is 95.0 g/mol. The van der Waals surface area contributed by atoms with Gasteiger partial charge in [-0.2, -0.15) is 0 Å². The third kappa shape index (κ3) is 20.2. The lowest BCUT2D eigenvalue weighted by Gasteiger charge is -1.67. The molecule has 0 saturated carbocycles. The summed E-state index contributed by atoms with van der Waals surface area (Å²) in [6.45, 7) is 0.375. The molecule has 0 aliphatic heterocycles. The van der Waals surface area contributed by atoms with Gasteiger partial charge in [0.25, 0.3) is 6.47 Å². The summed E-state index contributed by atoms with van der Waals surface area (Å²) in [5.41, 5.74) is 0. The Morgan fingerprint density at radius 1 is 1.80 bits per heavy atom. The van der Waals surface area contributed by atoms with Gasteiger partial charge in [-0.15, -0.1) is 0 Å². The molecular formula is C2H4ClO2-. The average Bonchev–Trinajstić information content (AvgIpc) is 1.37. The van der Waals surface area contributed by atoms with Crippen LogP contribution in [0.15, 0.2) is 0 Å². The number of hydrogen-bond donors (Lipinski definition) is 0. The number of methoxy groups -OCH3 is 1. The van der Waals surface area contributed by atoms with Crippen molar-refractivity contribution in [2.45, 2.75) is 0 Å². The Balaban J connectivity index is 0. The second kappa shape index (κ2) is 9.25. The minimum absolute atomic E-state index is 0. The van der Waals surface area contributed by atoms with Gasteiger partial charge in [-0.3, -0.25) is 4.79 Å². The van der Waals surface area contributed by atoms with Crippen LogP contribution in [0.3, 0.4) is 0 Å². The van der Waals surface area contributed by atoms with E-state index in [4.69, 9.17) is 4.79 Å². The molecule has 0 unspecified atom stereocenters. The van der Waals surface area contributed by atoms with Gasteiger partial charge < -0.3 is 17.1 Å². The van der Waals surface area contributed by atoms with E-state index in [1.807, 2.05) is 0 Å². The van der Waals surface area contributed by atoms with Gasteiger partial charge >= 0.3 is 0 Å². The Morgan fingerprint density at radius 3 is 2.00 bits per heavy atom. The highest BCUT2D eigenvalue weighted by Crippen LogP contribution is 1.35. The Kier molecular flexibility index (Phi) is 16.3. The topological polar surface area (TPSA) is 26.3 Å². The van der Waals surface area contributed by atoms with E-state index in [2.05, 4.69) is 4.74 Å². The molecule has 0 amide bonds. The van der Waals surface area contributed by atoms with Crippen molar-refractivity contribution in [1.29, 1.82) is 0 Å². The first-order valence-corrected chi connectivity index (χ1v) is 0.880. The molecule has 0 aromatic rings. The van der Waals surface area contributed by atoms with Crippen molar-refractivity contribution in [2.75, 3.05) is 7.11 Å². The largest absolute Gasteiger partial charge is 1.00 e. The summed E-state index contributed by atoms with van der Waals surface area (Å²) in [5.74, 6) is 0. The summed E-state index contributed by atoms with van der Waals surface area (Å²) in [4.78, 5) is 8.95. The lowest BCUT2D eigenvalue weighted by Crippen LogP contribution is -3.00. The van der Waals surface area contributed by atoms with Gasteiger partial charge in [-0.1, -0.05) is 0 Å². The van der Waals surface area contributed by atoms with E-state index in [0.717, 1.165) is 0 Å². The third-order valence-corrected chi connectivity index (χ3v) is 0.0962. The number of carbonyl (C=O) groups is 1. The van der Waals surface area contributed by atoms with E-state index in [1.165, 1.54) is 7.11 Å². The maximum Gasteiger partial charge on any atom is 0.292 e. The van der Waals surface area contributed by atoms with Crippen molar-refractivity contribution in [1.82, 2.24) is 0 Å². The quantitative estimate of drug-likeness (QED) is 0.321. The van der Waals surface area contributed by atoms with Crippen molar-refractivity contribution in [3.63, 3.8) is 0 Å². The molecule has 2 nitrogen and oxygen atoms in total. The van der Waals surface area contributed by atoms with Crippen LogP contribution in [-0.4, -0.2) is 13.6 Å². The zero-order valence-corrected chi connectivity index (χ0v) is 3.53. The predicted octanol–water partition coefficient (Wildman–Crippen LogP) is -3.21. The normalized spacial score (nSPS) is 4.20. The van der Waals surface area contributed by atoms with Gasteiger partial charge in [0, 0.05) is 0 Å². The zero-order chi connectivity index (χ0) is 3.41. The van der Waals surface area contributed by atoms with Crippen molar-refractivity contribution in [3.05, 3.63) is 0 Å². The van der Waals surface area contributed by atoms with Crippen LogP contribution in [0.4, 0.5) is 0 Å². The average molecular weight is 95.5 g/mol. The SMILES string of the molecule is COC=O.[Cl-]. The van der Waals surface area contributed by atoms with Crippen molar-refractivity contribution >= 4 is 6.47 Å². The molecule has 0 aromatic carbocycles. The van der Waals surface area contributed by atoms with Gasteiger partial charge in [0.05, 0.1) is 7.11 Å². The van der Waals surface area contributed by atoms with Gasteiger partial charge in [0.1, 0.15) is 0 Å². The van der Waals surface area contributed by atoms with Crippen molar-refractivity contribution in [3.8, 4) is 0 Å². The molecule has 0 aliphatic carbocycles. The van der Waals surface area contributed by atoms with E-state index in [-0.39, 0.29) is 12.4 Å². The van der Waals surface area contributed by atoms with Crippen LogP contribution < -0.4 is 12.4 Å². The summed E-state index contributed by atoms with van der Waals surface area (Å²) >= 11 is 0. The van der Waals surface area contributed by atoms with Crippen molar-refractivity contribution in [2.24, 2.45) is 0 Å². The molecule has 3 heteroatoms. The predicted molar refractivity (Wildman–Crippen MR) is 13.1 cm³/mol. The molecule has 0 spiro atoms. The number of carbonyl (C=O) groups excluding carboxylic acids is 1. The maximum absolute atomic E-state index is 8.95. The Hall–Kier alpha value is -0.240. The number of rotatable bonds is 1. The van der Waals surface area contributed by atoms with Crippen LogP contribution >= 0.6 is 0 Å². The Labute approximate surface area is 36.5 Å². The maximum atomic E-state index is 8.95. The van der Waals surface area contributed by atoms with E-state index in [9.17, 15) is 0 Å². The first kappa shape index (κ1) is 8.83. The second-order valence-corrected chi connectivity index (χ2v) is 0.332. The highest BCUT2D eigenvalue weighted by Gasteiger charge is 1.44. The summed E-state index contributed by atoms with van der Waals surface area (Å²) in [5, 5.41) is 0. The standard InChI is InChI=1S/C2H4O2.ClH/c1-4-2-3;/h2H,1H3;1H/p-1. The van der Waals surface area contributed by atoms with Crippen LogP contribution in [0.1, 0.15) is 0 Å². The lowest BCUT2D eigenvalue weighted by atomic mass is 11.5. The summed E-state index contributed by atoms with van der Waals surface area (Å²) in [6.07, 6.45) is 0. The van der Waals surface area contributed by atoms with Gasteiger partial charge in [-0.05, 0) is 0 Å². The second-order valence-electron chi connectivity index (χ2n) is 0.332. The fraction of sp³-hybridized carbons (Fsp3) is 0.500. The number of halogens is 1.